The number of hydrogen-bond acceptors (Lipinski definition) is 2. The van der Waals surface area contributed by atoms with Crippen LogP contribution in [0.2, 0.25) is 0 Å². The Hall–Kier alpha value is -1.01. The van der Waals surface area contributed by atoms with Crippen LogP contribution in [0.1, 0.15) is 46.0 Å². The molecule has 0 heterocycles. The van der Waals surface area contributed by atoms with Gasteiger partial charge in [-0.05, 0) is 12.8 Å². The van der Waals surface area contributed by atoms with Crippen molar-refractivity contribution in [2.45, 2.75) is 58.0 Å². The van der Waals surface area contributed by atoms with E-state index in [1.165, 1.54) is 0 Å². The molecular weight excluding hydrogens is 188 g/mol. The Labute approximate surface area is 92.8 Å². The molecule has 0 spiro atoms. The molecule has 15 heavy (non-hydrogen) atoms. The second kappa shape index (κ2) is 8.31. The molecule has 3 heteroatoms. The second-order valence-corrected chi connectivity index (χ2v) is 3.77. The zero-order chi connectivity index (χ0) is 11.7. The van der Waals surface area contributed by atoms with Crippen LogP contribution >= 0.6 is 0 Å². The van der Waals surface area contributed by atoms with Gasteiger partial charge in [0.05, 0.1) is 12.1 Å². The van der Waals surface area contributed by atoms with Gasteiger partial charge >= 0.3 is 0 Å². The van der Waals surface area contributed by atoms with Crippen molar-refractivity contribution in [2.75, 3.05) is 0 Å². The van der Waals surface area contributed by atoms with Crippen LogP contribution in [0.4, 0.5) is 0 Å². The summed E-state index contributed by atoms with van der Waals surface area (Å²) in [4.78, 5) is 11.6. The molecular formula is C12H22N2O. The van der Waals surface area contributed by atoms with Gasteiger partial charge in [-0.3, -0.25) is 4.79 Å². The summed E-state index contributed by atoms with van der Waals surface area (Å²) >= 11 is 0. The Bertz CT molecular complexity index is 220. The summed E-state index contributed by atoms with van der Waals surface area (Å²) in [6.45, 7) is 4.11. The van der Waals surface area contributed by atoms with Gasteiger partial charge in [-0.15, -0.1) is 6.42 Å². The summed E-state index contributed by atoms with van der Waals surface area (Å²) in [7, 11) is 0. The van der Waals surface area contributed by atoms with E-state index in [-0.39, 0.29) is 11.9 Å². The maximum atomic E-state index is 11.6. The lowest BCUT2D eigenvalue weighted by atomic mass is 10.1. The molecule has 0 aromatic carbocycles. The van der Waals surface area contributed by atoms with Crippen molar-refractivity contribution in [1.82, 2.24) is 5.32 Å². The van der Waals surface area contributed by atoms with E-state index in [2.05, 4.69) is 18.2 Å². The minimum atomic E-state index is -0.419. The molecule has 0 saturated carbocycles. The van der Waals surface area contributed by atoms with Crippen molar-refractivity contribution >= 4 is 5.91 Å². The molecule has 0 aliphatic carbocycles. The Morgan fingerprint density at radius 3 is 2.53 bits per heavy atom. The molecule has 0 saturated heterocycles. The monoisotopic (exact) mass is 210 g/mol. The minimum Gasteiger partial charge on any atom is -0.341 e. The van der Waals surface area contributed by atoms with E-state index >= 15 is 0 Å². The summed E-state index contributed by atoms with van der Waals surface area (Å²) in [5.41, 5.74) is 5.72. The summed E-state index contributed by atoms with van der Waals surface area (Å²) in [6, 6.07) is -0.590. The average molecular weight is 210 g/mol. The number of hydrogen-bond donors (Lipinski definition) is 2. The number of unbranched alkanes of at least 4 members (excludes halogenated alkanes) is 1. The molecule has 0 aliphatic heterocycles. The highest BCUT2D eigenvalue weighted by Crippen LogP contribution is 2.00. The second-order valence-electron chi connectivity index (χ2n) is 3.77. The lowest BCUT2D eigenvalue weighted by molar-refractivity contribution is -0.122. The Balaban J connectivity index is 3.94. The average Bonchev–Trinajstić information content (AvgIpc) is 2.24. The third-order valence-corrected chi connectivity index (χ3v) is 2.30. The third-order valence-electron chi connectivity index (χ3n) is 2.30. The van der Waals surface area contributed by atoms with E-state index < -0.39 is 6.04 Å². The molecule has 0 bridgehead atoms. The quantitative estimate of drug-likeness (QED) is 0.624. The van der Waals surface area contributed by atoms with Crippen molar-refractivity contribution in [3.63, 3.8) is 0 Å². The zero-order valence-corrected chi connectivity index (χ0v) is 9.75. The van der Waals surface area contributed by atoms with Gasteiger partial charge in [-0.2, -0.15) is 0 Å². The van der Waals surface area contributed by atoms with Crippen molar-refractivity contribution in [3.8, 4) is 12.3 Å². The van der Waals surface area contributed by atoms with Crippen LogP contribution in [0.25, 0.3) is 0 Å². The molecule has 0 radical (unpaired) electrons. The topological polar surface area (TPSA) is 55.1 Å². The van der Waals surface area contributed by atoms with Gasteiger partial charge in [0.1, 0.15) is 0 Å². The van der Waals surface area contributed by atoms with Crippen molar-refractivity contribution < 1.29 is 4.79 Å². The zero-order valence-electron chi connectivity index (χ0n) is 9.75. The summed E-state index contributed by atoms with van der Waals surface area (Å²) < 4.78 is 0. The van der Waals surface area contributed by atoms with Gasteiger partial charge < -0.3 is 11.1 Å². The first kappa shape index (κ1) is 14.0. The molecule has 2 unspecified atom stereocenters. The predicted molar refractivity (Wildman–Crippen MR) is 63.2 cm³/mol. The van der Waals surface area contributed by atoms with Crippen molar-refractivity contribution in [3.05, 3.63) is 0 Å². The molecule has 0 rings (SSSR count). The van der Waals surface area contributed by atoms with Gasteiger partial charge in [0.25, 0.3) is 0 Å². The fraction of sp³-hybridized carbons (Fsp3) is 0.750. The van der Waals surface area contributed by atoms with Crippen LogP contribution in [-0.4, -0.2) is 18.0 Å². The summed E-state index contributed by atoms with van der Waals surface area (Å²) in [6.07, 6.45) is 9.82. The van der Waals surface area contributed by atoms with Crippen LogP contribution < -0.4 is 11.1 Å². The number of nitrogens with two attached hydrogens (primary N) is 1. The SMILES string of the molecule is C#CC(CCC)NC(=O)C(N)CCCC. The van der Waals surface area contributed by atoms with Gasteiger partial charge in [0, 0.05) is 0 Å². The predicted octanol–water partition coefficient (Wildman–Crippen LogP) is 1.42. The molecule has 86 valence electrons. The number of terminal acetylenes is 1. The highest BCUT2D eigenvalue weighted by Gasteiger charge is 2.15. The van der Waals surface area contributed by atoms with E-state index in [4.69, 9.17) is 12.2 Å². The highest BCUT2D eigenvalue weighted by atomic mass is 16.2. The smallest absolute Gasteiger partial charge is 0.237 e. The van der Waals surface area contributed by atoms with Crippen LogP contribution in [0.5, 0.6) is 0 Å². The first-order valence-electron chi connectivity index (χ1n) is 5.67. The van der Waals surface area contributed by atoms with Gasteiger partial charge in [0.2, 0.25) is 5.91 Å². The molecule has 3 nitrogen and oxygen atoms in total. The number of amides is 1. The van der Waals surface area contributed by atoms with Crippen molar-refractivity contribution in [1.29, 1.82) is 0 Å². The largest absolute Gasteiger partial charge is 0.341 e. The first-order chi connectivity index (χ1) is 7.15. The summed E-state index contributed by atoms with van der Waals surface area (Å²) in [5, 5.41) is 2.78. The maximum absolute atomic E-state index is 11.6. The summed E-state index contributed by atoms with van der Waals surface area (Å²) in [5.74, 6) is 2.43. The fourth-order valence-electron chi connectivity index (χ4n) is 1.32. The lowest BCUT2D eigenvalue weighted by Gasteiger charge is -2.16. The van der Waals surface area contributed by atoms with E-state index in [0.29, 0.717) is 0 Å². The Kier molecular flexibility index (Phi) is 7.75. The molecule has 0 aliphatic rings. The van der Waals surface area contributed by atoms with Gasteiger partial charge in [-0.1, -0.05) is 39.0 Å². The Morgan fingerprint density at radius 2 is 2.07 bits per heavy atom. The minimum absolute atomic E-state index is 0.125. The Morgan fingerprint density at radius 1 is 1.40 bits per heavy atom. The first-order valence-corrected chi connectivity index (χ1v) is 5.67. The number of carbonyl (C=O) groups excluding carboxylic acids is 1. The van der Waals surface area contributed by atoms with Crippen LogP contribution in [-0.2, 0) is 4.79 Å². The standard InChI is InChI=1S/C12H22N2O/c1-4-7-9-11(13)12(15)14-10(6-3)8-5-2/h3,10-11H,4-5,7-9,13H2,1-2H3,(H,14,15). The van der Waals surface area contributed by atoms with Crippen LogP contribution in [0.15, 0.2) is 0 Å². The van der Waals surface area contributed by atoms with Crippen LogP contribution in [0.3, 0.4) is 0 Å². The molecule has 2 atom stereocenters. The van der Waals surface area contributed by atoms with E-state index in [1.807, 2.05) is 6.92 Å². The van der Waals surface area contributed by atoms with Crippen molar-refractivity contribution in [2.24, 2.45) is 5.73 Å². The van der Waals surface area contributed by atoms with E-state index in [9.17, 15) is 4.79 Å². The van der Waals surface area contributed by atoms with Gasteiger partial charge in [0.15, 0.2) is 0 Å². The third kappa shape index (κ3) is 6.14. The number of carbonyl (C=O) groups is 1. The van der Waals surface area contributed by atoms with Gasteiger partial charge in [-0.25, -0.2) is 0 Å². The maximum Gasteiger partial charge on any atom is 0.237 e. The molecule has 0 aromatic heterocycles. The molecule has 1 amide bonds. The fourth-order valence-corrected chi connectivity index (χ4v) is 1.32. The molecule has 0 aromatic rings. The van der Waals surface area contributed by atoms with E-state index in [0.717, 1.165) is 32.1 Å². The molecule has 3 N–H and O–H groups in total. The van der Waals surface area contributed by atoms with E-state index in [1.54, 1.807) is 0 Å². The normalized spacial score (nSPS) is 14.0. The number of rotatable bonds is 7. The number of nitrogens with one attached hydrogen (secondary N) is 1. The van der Waals surface area contributed by atoms with Crippen LogP contribution in [0, 0.1) is 12.3 Å². The lowest BCUT2D eigenvalue weighted by Crippen LogP contribution is -2.44. The molecule has 0 fully saturated rings. The highest BCUT2D eigenvalue weighted by molar-refractivity contribution is 5.82.